The number of hydrogen-bond donors (Lipinski definition) is 0. The van der Waals surface area contributed by atoms with E-state index in [-0.39, 0.29) is 28.4 Å². The molecule has 1 aliphatic carbocycles. The molecule has 0 saturated carbocycles. The molecule has 4 nitrogen and oxygen atoms in total. The molecule has 2 aliphatic heterocycles. The molecule has 0 atom stereocenters. The SMILES string of the molecule is CC(C)(C)c1ccc(N2c3ccc(C(C)(C)C)cc3B3c4oc5ccc(C(C)(C)C)cc5c4N(c4ccc(C(C)(C)C)cc4)c4cc(-n5c6ccc7cccc8c7c6c6c7c(ccc9cccc-8c97)ccc65)cc2c43)cc1. The van der Waals surface area contributed by atoms with Crippen LogP contribution in [0.25, 0.3) is 81.9 Å². The van der Waals surface area contributed by atoms with Gasteiger partial charge >= 0.3 is 0 Å². The van der Waals surface area contributed by atoms with Crippen molar-refractivity contribution in [3.63, 3.8) is 0 Å². The Morgan fingerprint density at radius 2 is 0.844 bits per heavy atom. The van der Waals surface area contributed by atoms with Crippen molar-refractivity contribution >= 4 is 123 Å². The summed E-state index contributed by atoms with van der Waals surface area (Å²) in [6.07, 6.45) is 0. The van der Waals surface area contributed by atoms with E-state index in [1.807, 2.05) is 0 Å². The molecule has 0 saturated heterocycles. The number of rotatable bonds is 3. The van der Waals surface area contributed by atoms with Crippen molar-refractivity contribution in [2.45, 2.75) is 105 Å². The maximum absolute atomic E-state index is 7.49. The number of nitrogens with zero attached hydrogens (tertiary/aromatic N) is 3. The van der Waals surface area contributed by atoms with Crippen molar-refractivity contribution < 1.29 is 4.42 Å². The van der Waals surface area contributed by atoms with Gasteiger partial charge in [-0.2, -0.15) is 0 Å². The van der Waals surface area contributed by atoms with E-state index in [0.29, 0.717) is 0 Å². The van der Waals surface area contributed by atoms with Gasteiger partial charge in [0.05, 0.1) is 28.1 Å². The summed E-state index contributed by atoms with van der Waals surface area (Å²) >= 11 is 0. The van der Waals surface area contributed by atoms with Crippen LogP contribution < -0.4 is 26.4 Å². The van der Waals surface area contributed by atoms with Crippen molar-refractivity contribution in [2.75, 3.05) is 9.80 Å². The summed E-state index contributed by atoms with van der Waals surface area (Å²) in [5, 5.41) is 11.5. The molecule has 5 heteroatoms. The van der Waals surface area contributed by atoms with Crippen molar-refractivity contribution in [1.82, 2.24) is 4.57 Å². The Kier molecular flexibility index (Phi) is 9.23. The average molecular weight is 998 g/mol. The fourth-order valence-corrected chi connectivity index (χ4v) is 13.6. The third kappa shape index (κ3) is 6.53. The third-order valence-corrected chi connectivity index (χ3v) is 17.7. The lowest BCUT2D eigenvalue weighted by atomic mass is 9.35. The molecule has 0 fully saturated rings. The molecule has 4 heterocycles. The number of aromatic nitrogens is 1. The van der Waals surface area contributed by atoms with Crippen molar-refractivity contribution in [3.8, 4) is 16.8 Å². The second kappa shape index (κ2) is 15.3. The van der Waals surface area contributed by atoms with E-state index in [2.05, 4.69) is 267 Å². The van der Waals surface area contributed by atoms with Gasteiger partial charge in [0.2, 0.25) is 0 Å². The van der Waals surface area contributed by atoms with Gasteiger partial charge in [0.1, 0.15) is 5.58 Å². The van der Waals surface area contributed by atoms with Gasteiger partial charge in [0, 0.05) is 50.0 Å². The van der Waals surface area contributed by atoms with E-state index in [4.69, 9.17) is 4.42 Å². The first-order valence-electron chi connectivity index (χ1n) is 27.8. The summed E-state index contributed by atoms with van der Waals surface area (Å²) < 4.78 is 10.1. The van der Waals surface area contributed by atoms with Gasteiger partial charge in [0.25, 0.3) is 6.71 Å². The van der Waals surface area contributed by atoms with Crippen LogP contribution in [0, 0.1) is 0 Å². The molecule has 0 unspecified atom stereocenters. The van der Waals surface area contributed by atoms with Crippen LogP contribution in [0.5, 0.6) is 0 Å². The Bertz CT molecular complexity index is 4540. The number of benzene rings is 10. The van der Waals surface area contributed by atoms with Gasteiger partial charge < -0.3 is 18.8 Å². The zero-order chi connectivity index (χ0) is 53.0. The first-order valence-corrected chi connectivity index (χ1v) is 27.8. The molecule has 0 radical (unpaired) electrons. The first kappa shape index (κ1) is 46.3. The Labute approximate surface area is 452 Å². The summed E-state index contributed by atoms with van der Waals surface area (Å²) in [7, 11) is 0. The van der Waals surface area contributed by atoms with Gasteiger partial charge in [-0.25, -0.2) is 0 Å². The lowest BCUT2D eigenvalue weighted by Gasteiger charge is -2.43. The van der Waals surface area contributed by atoms with Crippen LogP contribution >= 0.6 is 0 Å². The first-order chi connectivity index (χ1) is 36.7. The monoisotopic (exact) mass is 998 g/mol. The van der Waals surface area contributed by atoms with Crippen LogP contribution in [0.4, 0.5) is 34.1 Å². The van der Waals surface area contributed by atoms with Crippen molar-refractivity contribution in [3.05, 3.63) is 192 Å². The second-order valence-electron chi connectivity index (χ2n) is 26.6. The van der Waals surface area contributed by atoms with Gasteiger partial charge in [-0.15, -0.1) is 0 Å². The molecule has 0 amide bonds. The van der Waals surface area contributed by atoms with Gasteiger partial charge in [-0.05, 0) is 160 Å². The minimum Gasteiger partial charge on any atom is -0.468 e. The van der Waals surface area contributed by atoms with E-state index in [1.165, 1.54) is 104 Å². The zero-order valence-corrected chi connectivity index (χ0v) is 46.5. The summed E-state index contributed by atoms with van der Waals surface area (Å²) in [5.74, 6) is 0. The van der Waals surface area contributed by atoms with E-state index < -0.39 is 0 Å². The fraction of sp³-hybridized carbons (Fsp3) is 0.222. The fourth-order valence-electron chi connectivity index (χ4n) is 13.6. The highest BCUT2D eigenvalue weighted by atomic mass is 16.3. The summed E-state index contributed by atoms with van der Waals surface area (Å²) in [5.41, 5.74) is 22.3. The summed E-state index contributed by atoms with van der Waals surface area (Å²) in [6, 6.07) is 65.9. The highest BCUT2D eigenvalue weighted by Gasteiger charge is 2.48. The molecule has 12 aromatic rings. The minimum atomic E-state index is -0.203. The van der Waals surface area contributed by atoms with E-state index in [0.717, 1.165) is 50.8 Å². The normalized spacial score (nSPS) is 14.2. The van der Waals surface area contributed by atoms with Crippen LogP contribution in [-0.2, 0) is 21.7 Å². The molecule has 0 N–H and O–H groups in total. The summed E-state index contributed by atoms with van der Waals surface area (Å²) in [4.78, 5) is 5.14. The summed E-state index contributed by atoms with van der Waals surface area (Å²) in [6.45, 7) is 27.6. The second-order valence-corrected chi connectivity index (χ2v) is 26.6. The van der Waals surface area contributed by atoms with E-state index in [9.17, 15) is 0 Å². The molecule has 10 aromatic carbocycles. The molecule has 0 bridgehead atoms. The van der Waals surface area contributed by atoms with E-state index >= 15 is 0 Å². The van der Waals surface area contributed by atoms with Gasteiger partial charge in [-0.3, -0.25) is 0 Å². The molecule has 3 aliphatic rings. The van der Waals surface area contributed by atoms with Gasteiger partial charge in [0.15, 0.2) is 0 Å². The number of fused-ring (bicyclic) bond motifs is 7. The topological polar surface area (TPSA) is 24.6 Å². The van der Waals surface area contributed by atoms with Crippen molar-refractivity contribution in [2.24, 2.45) is 0 Å². The van der Waals surface area contributed by atoms with E-state index in [1.54, 1.807) is 0 Å². The predicted octanol–water partition coefficient (Wildman–Crippen LogP) is 18.2. The number of furan rings is 1. The Balaban J connectivity index is 1.12. The molecule has 0 spiro atoms. The van der Waals surface area contributed by atoms with Crippen LogP contribution in [0.15, 0.2) is 174 Å². The van der Waals surface area contributed by atoms with Gasteiger partial charge in [-0.1, -0.05) is 186 Å². The number of hydrogen-bond acceptors (Lipinski definition) is 3. The maximum Gasteiger partial charge on any atom is 0.297 e. The Hall–Kier alpha value is -8.02. The van der Waals surface area contributed by atoms with Crippen molar-refractivity contribution in [1.29, 1.82) is 0 Å². The molecular formula is C72H64BN3O. The molecule has 15 rings (SSSR count). The van der Waals surface area contributed by atoms with Crippen LogP contribution in [0.2, 0.25) is 0 Å². The Morgan fingerprint density at radius 1 is 0.377 bits per heavy atom. The smallest absolute Gasteiger partial charge is 0.297 e. The minimum absolute atomic E-state index is 0.00285. The zero-order valence-electron chi connectivity index (χ0n) is 46.5. The Morgan fingerprint density at radius 3 is 1.42 bits per heavy atom. The maximum atomic E-state index is 7.49. The lowest BCUT2D eigenvalue weighted by molar-refractivity contribution is 0.590. The molecular weight excluding hydrogens is 934 g/mol. The molecule has 77 heavy (non-hydrogen) atoms. The number of anilines is 6. The molecule has 376 valence electrons. The predicted molar refractivity (Wildman–Crippen MR) is 331 cm³/mol. The molecule has 2 aromatic heterocycles. The highest BCUT2D eigenvalue weighted by molar-refractivity contribution is 7.00. The third-order valence-electron chi connectivity index (χ3n) is 17.7. The largest absolute Gasteiger partial charge is 0.468 e. The van der Waals surface area contributed by atoms with Crippen LogP contribution in [0.1, 0.15) is 105 Å². The lowest BCUT2D eigenvalue weighted by Crippen LogP contribution is -2.61. The van der Waals surface area contributed by atoms with Crippen LogP contribution in [-0.4, -0.2) is 11.3 Å². The average Bonchev–Trinajstić information content (AvgIpc) is 3.92. The highest BCUT2D eigenvalue weighted by Crippen LogP contribution is 2.53. The van der Waals surface area contributed by atoms with Crippen LogP contribution in [0.3, 0.4) is 0 Å². The quantitative estimate of drug-likeness (QED) is 0.130. The standard InChI is InChI=1S/C72H64BN3O/c1-69(2,3)44-23-29-48(30-24-44)74-55-35-27-47(72(10,11)12)38-54(55)73-66-58(74)39-50(40-59(66)76(49-31-25-45(26-32-49)70(4,5)6)67-53-37-46(71(7,8)9)28-36-60(53)77-68(67)73)75-56-33-21-42-16-14-18-52-51-17-13-15-41-19-20-43-22-34-57(75)65(63(43)61(41)51)64(56)62(42)52/h13-40H,1-12H3.